The first-order valence-electron chi connectivity index (χ1n) is 6.48. The van der Waals surface area contributed by atoms with Crippen molar-refractivity contribution in [2.45, 2.75) is 26.7 Å². The monoisotopic (exact) mass is 275 g/mol. The summed E-state index contributed by atoms with van der Waals surface area (Å²) in [6.07, 6.45) is 0.693. The van der Waals surface area contributed by atoms with Crippen molar-refractivity contribution in [1.82, 2.24) is 0 Å². The Bertz CT molecular complexity index is 531. The Morgan fingerprint density at radius 2 is 1.90 bits per heavy atom. The molecule has 106 valence electrons. The standard InChI is InChI=1S/C15H17NO4/c1-3-19-14(17)8-6-11-5-7-12(10-16)13(9-11)15(18)20-4-2/h5,7,9H,3-4,6,8H2,1-2H3. The molecule has 20 heavy (non-hydrogen) atoms. The number of ether oxygens (including phenoxy) is 2. The summed E-state index contributed by atoms with van der Waals surface area (Å²) in [6, 6.07) is 6.83. The van der Waals surface area contributed by atoms with E-state index in [2.05, 4.69) is 0 Å². The lowest BCUT2D eigenvalue weighted by Crippen LogP contribution is -2.09. The van der Waals surface area contributed by atoms with Crippen LogP contribution in [-0.4, -0.2) is 25.2 Å². The fourth-order valence-electron chi connectivity index (χ4n) is 1.70. The Morgan fingerprint density at radius 1 is 1.20 bits per heavy atom. The highest BCUT2D eigenvalue weighted by Gasteiger charge is 2.14. The molecule has 0 aromatic heterocycles. The summed E-state index contributed by atoms with van der Waals surface area (Å²) in [5.41, 5.74) is 1.29. The van der Waals surface area contributed by atoms with Gasteiger partial charge in [0, 0.05) is 6.42 Å². The molecular weight excluding hydrogens is 258 g/mol. The van der Waals surface area contributed by atoms with Gasteiger partial charge in [-0.15, -0.1) is 0 Å². The number of rotatable bonds is 6. The van der Waals surface area contributed by atoms with Gasteiger partial charge in [0.15, 0.2) is 0 Å². The van der Waals surface area contributed by atoms with Crippen molar-refractivity contribution in [3.8, 4) is 6.07 Å². The van der Waals surface area contributed by atoms with Gasteiger partial charge in [-0.25, -0.2) is 4.79 Å². The quantitative estimate of drug-likeness (QED) is 0.744. The molecule has 0 fully saturated rings. The number of carbonyl (C=O) groups excluding carboxylic acids is 2. The lowest BCUT2D eigenvalue weighted by molar-refractivity contribution is -0.143. The van der Waals surface area contributed by atoms with Crippen molar-refractivity contribution in [3.63, 3.8) is 0 Å². The summed E-state index contributed by atoms with van der Waals surface area (Å²) in [5.74, 6) is -0.809. The zero-order valence-electron chi connectivity index (χ0n) is 11.6. The molecule has 1 aromatic rings. The number of nitrogens with zero attached hydrogens (tertiary/aromatic N) is 1. The third-order valence-electron chi connectivity index (χ3n) is 2.62. The molecule has 0 heterocycles. The number of esters is 2. The highest BCUT2D eigenvalue weighted by atomic mass is 16.5. The number of benzene rings is 1. The van der Waals surface area contributed by atoms with Crippen LogP contribution in [0.5, 0.6) is 0 Å². The molecule has 0 unspecified atom stereocenters. The van der Waals surface area contributed by atoms with E-state index in [1.807, 2.05) is 6.07 Å². The second-order valence-corrected chi connectivity index (χ2v) is 4.02. The van der Waals surface area contributed by atoms with Crippen LogP contribution in [0.15, 0.2) is 18.2 Å². The fraction of sp³-hybridized carbons (Fsp3) is 0.400. The van der Waals surface area contributed by atoms with E-state index in [-0.39, 0.29) is 30.1 Å². The van der Waals surface area contributed by atoms with Crippen LogP contribution in [0.25, 0.3) is 0 Å². The summed E-state index contributed by atoms with van der Waals surface area (Å²) in [4.78, 5) is 23.0. The first kappa shape index (κ1) is 15.7. The molecule has 1 aromatic carbocycles. The van der Waals surface area contributed by atoms with E-state index >= 15 is 0 Å². The SMILES string of the molecule is CCOC(=O)CCc1ccc(C#N)c(C(=O)OCC)c1. The minimum Gasteiger partial charge on any atom is -0.466 e. The maximum absolute atomic E-state index is 11.8. The first-order valence-corrected chi connectivity index (χ1v) is 6.48. The number of hydrogen-bond donors (Lipinski definition) is 0. The Kier molecular flexibility index (Phi) is 6.24. The van der Waals surface area contributed by atoms with Crippen LogP contribution in [-0.2, 0) is 20.7 Å². The van der Waals surface area contributed by atoms with Gasteiger partial charge in [-0.3, -0.25) is 4.79 Å². The molecule has 0 amide bonds. The van der Waals surface area contributed by atoms with Gasteiger partial charge in [-0.2, -0.15) is 5.26 Å². The average Bonchev–Trinajstić information content (AvgIpc) is 2.45. The molecule has 0 aliphatic heterocycles. The van der Waals surface area contributed by atoms with E-state index in [4.69, 9.17) is 14.7 Å². The molecule has 5 heteroatoms. The summed E-state index contributed by atoms with van der Waals surface area (Å²) in [5, 5.41) is 8.98. The van der Waals surface area contributed by atoms with Crippen molar-refractivity contribution in [2.24, 2.45) is 0 Å². The Morgan fingerprint density at radius 3 is 2.50 bits per heavy atom. The van der Waals surface area contributed by atoms with Crippen LogP contribution in [0.3, 0.4) is 0 Å². The van der Waals surface area contributed by atoms with Crippen LogP contribution in [0.1, 0.15) is 41.8 Å². The van der Waals surface area contributed by atoms with Crippen molar-refractivity contribution in [1.29, 1.82) is 5.26 Å². The maximum atomic E-state index is 11.8. The average molecular weight is 275 g/mol. The molecule has 1 rings (SSSR count). The number of carbonyl (C=O) groups is 2. The minimum atomic E-state index is -0.526. The van der Waals surface area contributed by atoms with Gasteiger partial charge in [0.25, 0.3) is 0 Å². The smallest absolute Gasteiger partial charge is 0.339 e. The zero-order valence-corrected chi connectivity index (χ0v) is 11.6. The van der Waals surface area contributed by atoms with E-state index in [0.29, 0.717) is 13.0 Å². The summed E-state index contributed by atoms with van der Waals surface area (Å²) in [6.45, 7) is 4.05. The second-order valence-electron chi connectivity index (χ2n) is 4.02. The molecule has 0 N–H and O–H groups in total. The zero-order chi connectivity index (χ0) is 15.0. The number of hydrogen-bond acceptors (Lipinski definition) is 5. The highest BCUT2D eigenvalue weighted by Crippen LogP contribution is 2.14. The molecule has 0 aliphatic rings. The van der Waals surface area contributed by atoms with Gasteiger partial charge in [0.2, 0.25) is 0 Å². The van der Waals surface area contributed by atoms with Crippen molar-refractivity contribution in [3.05, 3.63) is 34.9 Å². The Hall–Kier alpha value is -2.35. The molecule has 0 saturated heterocycles. The molecule has 0 spiro atoms. The first-order chi connectivity index (χ1) is 9.62. The van der Waals surface area contributed by atoms with Crippen molar-refractivity contribution < 1.29 is 19.1 Å². The van der Waals surface area contributed by atoms with Crippen molar-refractivity contribution >= 4 is 11.9 Å². The van der Waals surface area contributed by atoms with Crippen LogP contribution in [0.2, 0.25) is 0 Å². The van der Waals surface area contributed by atoms with E-state index in [9.17, 15) is 9.59 Å². The lowest BCUT2D eigenvalue weighted by atomic mass is 10.0. The van der Waals surface area contributed by atoms with Crippen LogP contribution in [0, 0.1) is 11.3 Å². The maximum Gasteiger partial charge on any atom is 0.339 e. The van der Waals surface area contributed by atoms with Crippen LogP contribution < -0.4 is 0 Å². The van der Waals surface area contributed by atoms with E-state index in [1.165, 1.54) is 0 Å². The predicted octanol–water partition coefficient (Wildman–Crippen LogP) is 2.23. The van der Waals surface area contributed by atoms with Gasteiger partial charge < -0.3 is 9.47 Å². The normalized spacial score (nSPS) is 9.65. The van der Waals surface area contributed by atoms with Gasteiger partial charge >= 0.3 is 11.9 Å². The van der Waals surface area contributed by atoms with E-state index in [0.717, 1.165) is 5.56 Å². The van der Waals surface area contributed by atoms with Gasteiger partial charge in [0.1, 0.15) is 6.07 Å². The van der Waals surface area contributed by atoms with Crippen LogP contribution in [0.4, 0.5) is 0 Å². The molecule has 0 radical (unpaired) electrons. The van der Waals surface area contributed by atoms with E-state index < -0.39 is 5.97 Å². The third-order valence-corrected chi connectivity index (χ3v) is 2.62. The highest BCUT2D eigenvalue weighted by molar-refractivity contribution is 5.92. The Balaban J connectivity index is 2.85. The minimum absolute atomic E-state index is 0.232. The fourth-order valence-corrected chi connectivity index (χ4v) is 1.70. The van der Waals surface area contributed by atoms with Gasteiger partial charge in [-0.05, 0) is 38.0 Å². The molecule has 5 nitrogen and oxygen atoms in total. The topological polar surface area (TPSA) is 76.4 Å². The van der Waals surface area contributed by atoms with Gasteiger partial charge in [0.05, 0.1) is 24.3 Å². The largest absolute Gasteiger partial charge is 0.466 e. The second kappa shape index (κ2) is 7.95. The Labute approximate surface area is 118 Å². The number of aryl methyl sites for hydroxylation is 1. The summed E-state index contributed by atoms with van der Waals surface area (Å²) >= 11 is 0. The molecule has 0 bridgehead atoms. The molecule has 0 saturated carbocycles. The van der Waals surface area contributed by atoms with E-state index in [1.54, 1.807) is 32.0 Å². The predicted molar refractivity (Wildman–Crippen MR) is 72.1 cm³/mol. The summed E-state index contributed by atoms with van der Waals surface area (Å²) < 4.78 is 9.75. The molecule has 0 atom stereocenters. The van der Waals surface area contributed by atoms with Crippen LogP contribution >= 0.6 is 0 Å². The number of nitriles is 1. The third kappa shape index (κ3) is 4.39. The molecule has 0 aliphatic carbocycles. The summed E-state index contributed by atoms with van der Waals surface area (Å²) in [7, 11) is 0. The van der Waals surface area contributed by atoms with Crippen molar-refractivity contribution in [2.75, 3.05) is 13.2 Å². The molecular formula is C15H17NO4. The van der Waals surface area contributed by atoms with Gasteiger partial charge in [-0.1, -0.05) is 6.07 Å². The lowest BCUT2D eigenvalue weighted by Gasteiger charge is -2.07.